The highest BCUT2D eigenvalue weighted by Crippen LogP contribution is 2.40. The third-order valence-electron chi connectivity index (χ3n) is 8.28. The van der Waals surface area contributed by atoms with Crippen molar-refractivity contribution in [2.45, 2.75) is 95.3 Å². The molecule has 3 aliphatic carbocycles. The maximum Gasteiger partial charge on any atom is 0.230 e. The molecule has 0 aromatic rings. The molecule has 0 aromatic carbocycles. The van der Waals surface area contributed by atoms with Crippen molar-refractivity contribution >= 4 is 17.7 Å². The van der Waals surface area contributed by atoms with E-state index in [-0.39, 0.29) is 11.4 Å². The molecule has 1 amide bonds. The lowest BCUT2D eigenvalue weighted by Crippen LogP contribution is -2.48. The number of thioether (sulfide) groups is 1. The highest BCUT2D eigenvalue weighted by molar-refractivity contribution is 8.00. The molecule has 0 spiro atoms. The van der Waals surface area contributed by atoms with E-state index >= 15 is 0 Å². The van der Waals surface area contributed by atoms with Gasteiger partial charge >= 0.3 is 0 Å². The van der Waals surface area contributed by atoms with Gasteiger partial charge in [0, 0.05) is 19.7 Å². The highest BCUT2D eigenvalue weighted by atomic mass is 32.2. The topological polar surface area (TPSA) is 65.6 Å². The molecule has 7 heteroatoms. The Hall–Kier alpha value is -0.340. The monoisotopic (exact) mass is 452 g/mol. The Morgan fingerprint density at radius 1 is 1.03 bits per heavy atom. The Kier molecular flexibility index (Phi) is 8.97. The van der Waals surface area contributed by atoms with Crippen LogP contribution in [0.15, 0.2) is 0 Å². The summed E-state index contributed by atoms with van der Waals surface area (Å²) in [5, 5.41) is 3.43. The zero-order chi connectivity index (χ0) is 21.6. The number of nitrogens with one attached hydrogen (secondary N) is 3. The lowest BCUT2D eigenvalue weighted by Gasteiger charge is -2.41. The Bertz CT molecular complexity index is 578. The molecule has 7 atom stereocenters. The molecule has 0 bridgehead atoms. The van der Waals surface area contributed by atoms with E-state index in [9.17, 15) is 4.79 Å². The molecule has 0 radical (unpaired) electrons. The Morgan fingerprint density at radius 2 is 1.81 bits per heavy atom. The number of carbonyl (C=O) groups is 1. The van der Waals surface area contributed by atoms with Gasteiger partial charge in [-0.3, -0.25) is 9.69 Å². The Labute approximate surface area is 193 Å². The molecule has 3 N–H and O–H groups in total. The summed E-state index contributed by atoms with van der Waals surface area (Å²) in [7, 11) is 1.77. The number of carbonyl (C=O) groups excluding carboxylic acids is 1. The van der Waals surface area contributed by atoms with Crippen LogP contribution in [0.5, 0.6) is 0 Å². The van der Waals surface area contributed by atoms with E-state index < -0.39 is 0 Å². The van der Waals surface area contributed by atoms with Crippen LogP contribution in [0.3, 0.4) is 0 Å². The van der Waals surface area contributed by atoms with Gasteiger partial charge in [-0.05, 0) is 49.4 Å². The second-order valence-electron chi connectivity index (χ2n) is 10.5. The van der Waals surface area contributed by atoms with Gasteiger partial charge in [-0.15, -0.1) is 11.8 Å². The van der Waals surface area contributed by atoms with Crippen LogP contribution >= 0.6 is 11.8 Å². The second-order valence-corrected chi connectivity index (χ2v) is 11.5. The number of hydrazine groups is 1. The minimum Gasteiger partial charge on any atom is -0.383 e. The molecular weight excluding hydrogens is 408 g/mol. The third kappa shape index (κ3) is 6.17. The summed E-state index contributed by atoms with van der Waals surface area (Å²) in [6.07, 6.45) is 14.8. The molecule has 6 nitrogen and oxygen atoms in total. The van der Waals surface area contributed by atoms with E-state index in [1.165, 1.54) is 70.6 Å². The fourth-order valence-electron chi connectivity index (χ4n) is 6.74. The van der Waals surface area contributed by atoms with Crippen molar-refractivity contribution in [1.82, 2.24) is 21.1 Å². The summed E-state index contributed by atoms with van der Waals surface area (Å²) in [4.78, 5) is 15.4. The second kappa shape index (κ2) is 11.7. The van der Waals surface area contributed by atoms with Gasteiger partial charge in [0.15, 0.2) is 0 Å². The quantitative estimate of drug-likeness (QED) is 0.522. The van der Waals surface area contributed by atoms with Crippen molar-refractivity contribution in [1.29, 1.82) is 0 Å². The lowest BCUT2D eigenvalue weighted by molar-refractivity contribution is -0.120. The number of hydrogen-bond acceptors (Lipinski definition) is 6. The van der Waals surface area contributed by atoms with Crippen LogP contribution in [0.2, 0.25) is 0 Å². The van der Waals surface area contributed by atoms with Crippen LogP contribution in [0.25, 0.3) is 0 Å². The van der Waals surface area contributed by atoms with Crippen LogP contribution in [0.4, 0.5) is 0 Å². The maximum atomic E-state index is 12.9. The number of methoxy groups -OCH3 is 1. The number of hydrogen-bond donors (Lipinski definition) is 3. The average Bonchev–Trinajstić information content (AvgIpc) is 3.19. The van der Waals surface area contributed by atoms with Crippen LogP contribution in [-0.2, 0) is 9.53 Å². The first-order chi connectivity index (χ1) is 15.2. The minimum absolute atomic E-state index is 0.122. The van der Waals surface area contributed by atoms with Crippen molar-refractivity contribution in [2.75, 3.05) is 26.0 Å². The van der Waals surface area contributed by atoms with E-state index in [0.29, 0.717) is 23.9 Å². The first kappa shape index (κ1) is 23.8. The predicted octanol–water partition coefficient (Wildman–Crippen LogP) is 3.69. The van der Waals surface area contributed by atoms with Gasteiger partial charge in [0.05, 0.1) is 18.5 Å². The smallest absolute Gasteiger partial charge is 0.230 e. The Balaban J connectivity index is 1.28. The van der Waals surface area contributed by atoms with Gasteiger partial charge in [0.25, 0.3) is 0 Å². The maximum absolute atomic E-state index is 12.9. The summed E-state index contributed by atoms with van der Waals surface area (Å²) in [5.41, 5.74) is 7.17. The third-order valence-corrected chi connectivity index (χ3v) is 9.42. The van der Waals surface area contributed by atoms with Gasteiger partial charge in [0.2, 0.25) is 5.91 Å². The summed E-state index contributed by atoms with van der Waals surface area (Å²) in [6, 6.07) is 0.405. The number of amides is 1. The number of rotatable bonds is 8. The van der Waals surface area contributed by atoms with Gasteiger partial charge in [-0.2, -0.15) is 0 Å². The minimum atomic E-state index is 0.122. The van der Waals surface area contributed by atoms with Gasteiger partial charge in [-0.25, -0.2) is 10.9 Å². The highest BCUT2D eigenvalue weighted by Gasteiger charge is 2.40. The van der Waals surface area contributed by atoms with E-state index in [2.05, 4.69) is 28.0 Å². The molecule has 4 fully saturated rings. The molecule has 178 valence electrons. The largest absolute Gasteiger partial charge is 0.383 e. The summed E-state index contributed by atoms with van der Waals surface area (Å²) in [5.74, 6) is 3.77. The molecule has 1 heterocycles. The van der Waals surface area contributed by atoms with Crippen LogP contribution in [-0.4, -0.2) is 54.5 Å². The molecule has 31 heavy (non-hydrogen) atoms. The van der Waals surface area contributed by atoms with Gasteiger partial charge in [-0.1, -0.05) is 51.9 Å². The number of ether oxygens (including phenoxy) is 1. The summed E-state index contributed by atoms with van der Waals surface area (Å²) < 4.78 is 5.40. The fourth-order valence-corrected chi connectivity index (χ4v) is 7.71. The van der Waals surface area contributed by atoms with Crippen molar-refractivity contribution < 1.29 is 9.53 Å². The first-order valence-electron chi connectivity index (χ1n) is 12.8. The van der Waals surface area contributed by atoms with Crippen molar-refractivity contribution in [2.24, 2.45) is 23.7 Å². The number of nitrogens with zero attached hydrogens (tertiary/aromatic N) is 1. The molecule has 3 saturated carbocycles. The predicted molar refractivity (Wildman–Crippen MR) is 127 cm³/mol. The van der Waals surface area contributed by atoms with Gasteiger partial charge < -0.3 is 10.1 Å². The zero-order valence-corrected chi connectivity index (χ0v) is 20.4. The van der Waals surface area contributed by atoms with Crippen LogP contribution < -0.4 is 16.2 Å². The SMILES string of the molecule is COCCN1C(SCC(=O)NC2CCCC3CCCCC32)NNC1C1CCCC(C)C1. The van der Waals surface area contributed by atoms with Crippen LogP contribution in [0, 0.1) is 23.7 Å². The van der Waals surface area contributed by atoms with Crippen molar-refractivity contribution in [3.8, 4) is 0 Å². The van der Waals surface area contributed by atoms with Crippen LogP contribution in [0.1, 0.15) is 77.6 Å². The molecule has 4 aliphatic rings. The van der Waals surface area contributed by atoms with Crippen molar-refractivity contribution in [3.05, 3.63) is 0 Å². The lowest BCUT2D eigenvalue weighted by atomic mass is 9.68. The average molecular weight is 453 g/mol. The van der Waals surface area contributed by atoms with E-state index in [0.717, 1.165) is 30.9 Å². The normalized spacial score (nSPS) is 39.2. The van der Waals surface area contributed by atoms with E-state index in [1.54, 1.807) is 18.9 Å². The zero-order valence-electron chi connectivity index (χ0n) is 19.6. The first-order valence-corrected chi connectivity index (χ1v) is 13.9. The number of fused-ring (bicyclic) bond motifs is 1. The summed E-state index contributed by atoms with van der Waals surface area (Å²) >= 11 is 1.72. The van der Waals surface area contributed by atoms with E-state index in [1.807, 2.05) is 0 Å². The standard InChI is InChI=1S/C24H44N4O2S/c1-17-7-5-10-19(15-17)23-26-27-24(28(23)13-14-30-2)31-16-22(29)25-21-12-6-9-18-8-3-4-11-20(18)21/h17-21,23-24,26-27H,3-16H2,1-2H3,(H,25,29). The molecule has 1 saturated heterocycles. The Morgan fingerprint density at radius 3 is 2.65 bits per heavy atom. The van der Waals surface area contributed by atoms with E-state index in [4.69, 9.17) is 4.74 Å². The molecular formula is C24H44N4O2S. The summed E-state index contributed by atoms with van der Waals surface area (Å²) in [6.45, 7) is 3.99. The van der Waals surface area contributed by atoms with Crippen molar-refractivity contribution in [3.63, 3.8) is 0 Å². The molecule has 7 unspecified atom stereocenters. The molecule has 4 rings (SSSR count). The van der Waals surface area contributed by atoms with Gasteiger partial charge in [0.1, 0.15) is 5.50 Å². The fraction of sp³-hybridized carbons (Fsp3) is 0.958. The molecule has 1 aliphatic heterocycles. The molecule has 0 aromatic heterocycles.